The minimum atomic E-state index is 0.509. The molecule has 0 atom stereocenters. The molecule has 0 spiro atoms. The Morgan fingerprint density at radius 1 is 1.50 bits per heavy atom. The number of aldehydes is 1. The molecule has 2 aromatic rings. The van der Waals surface area contributed by atoms with Crippen LogP contribution in [0.15, 0.2) is 18.2 Å². The average Bonchev–Trinajstić information content (AvgIpc) is 2.62. The molecule has 0 amide bonds. The highest BCUT2D eigenvalue weighted by atomic mass is 35.5. The Morgan fingerprint density at radius 2 is 2.29 bits per heavy atom. The van der Waals surface area contributed by atoms with Crippen LogP contribution in [0.25, 0.3) is 10.9 Å². The molecule has 0 fully saturated rings. The van der Waals surface area contributed by atoms with Gasteiger partial charge in [-0.05, 0) is 18.2 Å². The number of H-pyrrole nitrogens is 1. The van der Waals surface area contributed by atoms with Gasteiger partial charge in [0.15, 0.2) is 6.29 Å². The Balaban J connectivity index is 2.74. The fourth-order valence-electron chi connectivity index (χ4n) is 1.39. The van der Waals surface area contributed by atoms with E-state index in [0.29, 0.717) is 16.5 Å². The summed E-state index contributed by atoms with van der Waals surface area (Å²) in [6.07, 6.45) is 0.753. The lowest BCUT2D eigenvalue weighted by atomic mass is 10.2. The van der Waals surface area contributed by atoms with E-state index in [1.807, 2.05) is 6.07 Å². The average molecular weight is 210 g/mol. The molecule has 0 aliphatic carbocycles. The number of halogens is 1. The largest absolute Gasteiger partial charge is 0.495 e. The Hall–Kier alpha value is -1.48. The summed E-state index contributed by atoms with van der Waals surface area (Å²) in [5, 5.41) is 1.32. The second-order valence-corrected chi connectivity index (χ2v) is 3.26. The van der Waals surface area contributed by atoms with Crippen molar-refractivity contribution in [1.82, 2.24) is 4.98 Å². The number of carbonyl (C=O) groups excluding carboxylic acids is 1. The number of rotatable bonds is 2. The third-order valence-corrected chi connectivity index (χ3v) is 2.46. The first kappa shape index (κ1) is 9.09. The van der Waals surface area contributed by atoms with Crippen molar-refractivity contribution in [3.63, 3.8) is 0 Å². The second kappa shape index (κ2) is 3.35. The first-order valence-electron chi connectivity index (χ1n) is 4.06. The maximum atomic E-state index is 10.5. The highest BCUT2D eigenvalue weighted by Crippen LogP contribution is 2.32. The fourth-order valence-corrected chi connectivity index (χ4v) is 1.69. The zero-order valence-electron chi connectivity index (χ0n) is 7.50. The number of hydrogen-bond donors (Lipinski definition) is 1. The number of benzene rings is 1. The van der Waals surface area contributed by atoms with Crippen LogP contribution in [0, 0.1) is 0 Å². The van der Waals surface area contributed by atoms with Crippen LogP contribution in [-0.4, -0.2) is 18.4 Å². The maximum absolute atomic E-state index is 10.5. The first-order valence-corrected chi connectivity index (χ1v) is 4.44. The predicted molar refractivity (Wildman–Crippen MR) is 55.2 cm³/mol. The van der Waals surface area contributed by atoms with E-state index in [1.165, 1.54) is 0 Å². The van der Waals surface area contributed by atoms with E-state index in [4.69, 9.17) is 16.3 Å². The molecule has 0 bridgehead atoms. The molecule has 0 saturated heterocycles. The van der Waals surface area contributed by atoms with E-state index >= 15 is 0 Å². The van der Waals surface area contributed by atoms with Crippen LogP contribution in [0.2, 0.25) is 5.02 Å². The number of nitrogens with one attached hydrogen (secondary N) is 1. The Morgan fingerprint density at radius 3 is 2.93 bits per heavy atom. The summed E-state index contributed by atoms with van der Waals surface area (Å²) in [5.74, 6) is 0.607. The third kappa shape index (κ3) is 1.26. The molecular weight excluding hydrogens is 202 g/mol. The standard InChI is InChI=1S/C10H8ClNO2/c1-14-9-3-2-8-7(10(9)11)4-6(5-13)12-8/h2-5,12H,1H3. The highest BCUT2D eigenvalue weighted by Gasteiger charge is 2.08. The maximum Gasteiger partial charge on any atom is 0.166 e. The molecule has 72 valence electrons. The third-order valence-electron chi connectivity index (χ3n) is 2.07. The summed E-state index contributed by atoms with van der Waals surface area (Å²) in [4.78, 5) is 13.5. The highest BCUT2D eigenvalue weighted by molar-refractivity contribution is 6.37. The Labute approximate surface area is 85.6 Å². The van der Waals surface area contributed by atoms with Gasteiger partial charge in [-0.15, -0.1) is 0 Å². The minimum Gasteiger partial charge on any atom is -0.495 e. The summed E-state index contributed by atoms with van der Waals surface area (Å²) in [5.41, 5.74) is 1.34. The molecule has 0 saturated carbocycles. The van der Waals surface area contributed by atoms with Gasteiger partial charge in [0.05, 0.1) is 17.8 Å². The number of carbonyl (C=O) groups is 1. The SMILES string of the molecule is COc1ccc2[nH]c(C=O)cc2c1Cl. The molecule has 1 heterocycles. The van der Waals surface area contributed by atoms with Crippen LogP contribution in [0.4, 0.5) is 0 Å². The van der Waals surface area contributed by atoms with E-state index in [2.05, 4.69) is 4.98 Å². The van der Waals surface area contributed by atoms with Crippen molar-refractivity contribution in [1.29, 1.82) is 0 Å². The first-order chi connectivity index (χ1) is 6.76. The van der Waals surface area contributed by atoms with Crippen molar-refractivity contribution in [2.75, 3.05) is 7.11 Å². The molecular formula is C10H8ClNO2. The lowest BCUT2D eigenvalue weighted by molar-refractivity contribution is 0.112. The molecule has 3 nitrogen and oxygen atoms in total. The summed E-state index contributed by atoms with van der Waals surface area (Å²) in [6, 6.07) is 5.29. The second-order valence-electron chi connectivity index (χ2n) is 2.89. The number of fused-ring (bicyclic) bond motifs is 1. The van der Waals surface area contributed by atoms with Crippen molar-refractivity contribution in [2.45, 2.75) is 0 Å². The number of ether oxygens (including phenoxy) is 1. The van der Waals surface area contributed by atoms with Crippen LogP contribution in [0.5, 0.6) is 5.75 Å². The quantitative estimate of drug-likeness (QED) is 0.773. The van der Waals surface area contributed by atoms with Crippen LogP contribution >= 0.6 is 11.6 Å². The van der Waals surface area contributed by atoms with Gasteiger partial charge in [-0.1, -0.05) is 11.6 Å². The van der Waals surface area contributed by atoms with Gasteiger partial charge in [0, 0.05) is 10.9 Å². The van der Waals surface area contributed by atoms with Gasteiger partial charge in [-0.25, -0.2) is 0 Å². The molecule has 1 aromatic heterocycles. The number of hydrogen-bond acceptors (Lipinski definition) is 2. The fraction of sp³-hybridized carbons (Fsp3) is 0.100. The zero-order chi connectivity index (χ0) is 10.1. The summed E-state index contributed by atoms with van der Waals surface area (Å²) < 4.78 is 5.06. The molecule has 1 aromatic carbocycles. The predicted octanol–water partition coefficient (Wildman–Crippen LogP) is 2.64. The van der Waals surface area contributed by atoms with Gasteiger partial charge >= 0.3 is 0 Å². The van der Waals surface area contributed by atoms with Crippen molar-refractivity contribution in [3.05, 3.63) is 28.9 Å². The topological polar surface area (TPSA) is 42.1 Å². The summed E-state index contributed by atoms with van der Waals surface area (Å²) in [7, 11) is 1.56. The van der Waals surface area contributed by atoms with Crippen LogP contribution in [-0.2, 0) is 0 Å². The normalized spacial score (nSPS) is 10.4. The van der Waals surface area contributed by atoms with Crippen molar-refractivity contribution < 1.29 is 9.53 Å². The molecule has 4 heteroatoms. The van der Waals surface area contributed by atoms with Crippen LogP contribution in [0.1, 0.15) is 10.5 Å². The zero-order valence-corrected chi connectivity index (χ0v) is 8.26. The monoisotopic (exact) mass is 209 g/mol. The van der Waals surface area contributed by atoms with Gasteiger partial charge in [-0.2, -0.15) is 0 Å². The molecule has 0 aliphatic heterocycles. The van der Waals surface area contributed by atoms with Gasteiger partial charge in [0.2, 0.25) is 0 Å². The number of methoxy groups -OCH3 is 1. The van der Waals surface area contributed by atoms with E-state index in [1.54, 1.807) is 19.2 Å². The molecule has 2 rings (SSSR count). The molecule has 14 heavy (non-hydrogen) atoms. The van der Waals surface area contributed by atoms with Crippen molar-refractivity contribution >= 4 is 28.8 Å². The van der Waals surface area contributed by atoms with Gasteiger partial charge in [-0.3, -0.25) is 4.79 Å². The van der Waals surface area contributed by atoms with Gasteiger partial charge in [0.25, 0.3) is 0 Å². The Kier molecular flexibility index (Phi) is 2.17. The summed E-state index contributed by atoms with van der Waals surface area (Å²) >= 11 is 6.05. The van der Waals surface area contributed by atoms with Crippen molar-refractivity contribution in [3.8, 4) is 5.75 Å². The van der Waals surface area contributed by atoms with Crippen molar-refractivity contribution in [2.24, 2.45) is 0 Å². The minimum absolute atomic E-state index is 0.509. The smallest absolute Gasteiger partial charge is 0.166 e. The molecule has 1 N–H and O–H groups in total. The molecule has 0 aliphatic rings. The molecule has 0 radical (unpaired) electrons. The summed E-state index contributed by atoms with van der Waals surface area (Å²) in [6.45, 7) is 0. The number of aromatic nitrogens is 1. The van der Waals surface area contributed by atoms with Crippen LogP contribution in [0.3, 0.4) is 0 Å². The number of aromatic amines is 1. The van der Waals surface area contributed by atoms with E-state index in [-0.39, 0.29) is 0 Å². The molecule has 0 unspecified atom stereocenters. The van der Waals surface area contributed by atoms with E-state index in [9.17, 15) is 4.79 Å². The van der Waals surface area contributed by atoms with Gasteiger partial charge in [0.1, 0.15) is 5.75 Å². The van der Waals surface area contributed by atoms with Gasteiger partial charge < -0.3 is 9.72 Å². The van der Waals surface area contributed by atoms with Crippen LogP contribution < -0.4 is 4.74 Å². The Bertz CT molecular complexity index is 490. The lowest BCUT2D eigenvalue weighted by Crippen LogP contribution is -1.83. The van der Waals surface area contributed by atoms with E-state index < -0.39 is 0 Å². The van der Waals surface area contributed by atoms with E-state index in [0.717, 1.165) is 17.2 Å². The lowest BCUT2D eigenvalue weighted by Gasteiger charge is -2.02.